The Balaban J connectivity index is 1.59. The van der Waals surface area contributed by atoms with E-state index in [9.17, 15) is 37.1 Å². The molecule has 256 valence electrons. The second kappa shape index (κ2) is 15.9. The predicted molar refractivity (Wildman–Crippen MR) is 163 cm³/mol. The van der Waals surface area contributed by atoms with E-state index in [1.807, 2.05) is 0 Å². The molecule has 0 bridgehead atoms. The van der Waals surface area contributed by atoms with Crippen LogP contribution in [0.15, 0.2) is 30.3 Å². The summed E-state index contributed by atoms with van der Waals surface area (Å²) >= 11 is 0. The number of carbonyl (C=O) groups is 5. The molecule has 3 rings (SSSR count). The number of ketones is 1. The molecule has 2 aliphatic heterocycles. The highest BCUT2D eigenvalue weighted by atomic mass is 19.4. The van der Waals surface area contributed by atoms with E-state index in [1.165, 1.54) is 4.90 Å². The number of alkyl halides is 3. The van der Waals surface area contributed by atoms with Crippen molar-refractivity contribution in [3.8, 4) is 0 Å². The molecule has 3 N–H and O–H groups in total. The summed E-state index contributed by atoms with van der Waals surface area (Å²) in [6.45, 7) is 9.63. The van der Waals surface area contributed by atoms with Crippen molar-refractivity contribution in [1.29, 1.82) is 0 Å². The highest BCUT2D eigenvalue weighted by Gasteiger charge is 2.49. The van der Waals surface area contributed by atoms with Gasteiger partial charge in [-0.25, -0.2) is 4.79 Å². The first-order valence-electron chi connectivity index (χ1n) is 15.7. The molecule has 0 aromatic heterocycles. The van der Waals surface area contributed by atoms with Crippen molar-refractivity contribution in [2.24, 2.45) is 5.92 Å². The van der Waals surface area contributed by atoms with Crippen LogP contribution >= 0.6 is 0 Å². The fourth-order valence-electron chi connectivity index (χ4n) is 5.76. The number of nitrogens with zero attached hydrogens (tertiary/aromatic N) is 2. The lowest BCUT2D eigenvalue weighted by Gasteiger charge is -2.34. The Bertz CT molecular complexity index is 1230. The zero-order chi connectivity index (χ0) is 34.2. The summed E-state index contributed by atoms with van der Waals surface area (Å²) in [5.74, 6) is -4.32. The van der Waals surface area contributed by atoms with Crippen LogP contribution in [0.2, 0.25) is 0 Å². The highest BCUT2D eigenvalue weighted by Crippen LogP contribution is 2.28. The van der Waals surface area contributed by atoms with Gasteiger partial charge < -0.3 is 20.3 Å². The Morgan fingerprint density at radius 2 is 1.59 bits per heavy atom. The lowest BCUT2D eigenvalue weighted by atomic mass is 9.99. The van der Waals surface area contributed by atoms with E-state index >= 15 is 0 Å². The largest absolute Gasteiger partial charge is 0.459 e. The minimum Gasteiger partial charge on any atom is -0.459 e. The number of esters is 1. The van der Waals surface area contributed by atoms with Crippen LogP contribution < -0.4 is 16.0 Å². The van der Waals surface area contributed by atoms with Crippen LogP contribution in [0.3, 0.4) is 0 Å². The Morgan fingerprint density at radius 1 is 0.957 bits per heavy atom. The third-order valence-corrected chi connectivity index (χ3v) is 8.06. The normalized spacial score (nSPS) is 19.4. The Hall–Kier alpha value is -3.52. The van der Waals surface area contributed by atoms with Crippen LogP contribution in [0, 0.1) is 5.92 Å². The van der Waals surface area contributed by atoms with Crippen molar-refractivity contribution >= 4 is 29.6 Å². The highest BCUT2D eigenvalue weighted by molar-refractivity contribution is 6.01. The molecule has 11 nitrogen and oxygen atoms in total. The molecule has 0 saturated carbocycles. The first-order valence-corrected chi connectivity index (χ1v) is 15.7. The van der Waals surface area contributed by atoms with Gasteiger partial charge in [0.05, 0.1) is 18.6 Å². The molecule has 46 heavy (non-hydrogen) atoms. The molecule has 2 saturated heterocycles. The molecule has 2 aliphatic rings. The molecule has 0 radical (unpaired) electrons. The van der Waals surface area contributed by atoms with E-state index < -0.39 is 59.4 Å². The van der Waals surface area contributed by atoms with Gasteiger partial charge in [0, 0.05) is 19.1 Å². The number of benzene rings is 1. The van der Waals surface area contributed by atoms with Crippen LogP contribution in [-0.2, 0) is 30.3 Å². The number of rotatable bonds is 11. The van der Waals surface area contributed by atoms with Gasteiger partial charge in [-0.15, -0.1) is 0 Å². The number of imide groups is 1. The maximum Gasteiger partial charge on any atom is 0.451 e. The second-order valence-corrected chi connectivity index (χ2v) is 13.2. The van der Waals surface area contributed by atoms with E-state index in [4.69, 9.17) is 4.74 Å². The van der Waals surface area contributed by atoms with Gasteiger partial charge in [0.15, 0.2) is 0 Å². The van der Waals surface area contributed by atoms with Crippen molar-refractivity contribution < 1.29 is 41.9 Å². The van der Waals surface area contributed by atoms with Gasteiger partial charge in [-0.05, 0) is 70.9 Å². The van der Waals surface area contributed by atoms with Gasteiger partial charge in [0.2, 0.25) is 11.8 Å². The van der Waals surface area contributed by atoms with Crippen molar-refractivity contribution in [2.45, 2.75) is 103 Å². The number of hydrogen-bond acceptors (Lipinski definition) is 8. The van der Waals surface area contributed by atoms with Gasteiger partial charge in [0.1, 0.15) is 11.6 Å². The van der Waals surface area contributed by atoms with Gasteiger partial charge in [-0.1, -0.05) is 44.2 Å². The molecule has 0 spiro atoms. The van der Waals surface area contributed by atoms with E-state index in [1.54, 1.807) is 69.9 Å². The zero-order valence-corrected chi connectivity index (χ0v) is 27.1. The molecule has 0 aliphatic carbocycles. The summed E-state index contributed by atoms with van der Waals surface area (Å²) in [6, 6.07) is 3.92. The fourth-order valence-corrected chi connectivity index (χ4v) is 5.76. The Kier molecular flexibility index (Phi) is 12.7. The van der Waals surface area contributed by atoms with Crippen molar-refractivity contribution in [2.75, 3.05) is 26.2 Å². The molecule has 0 unspecified atom stereocenters. The topological polar surface area (TPSA) is 137 Å². The van der Waals surface area contributed by atoms with Crippen LogP contribution in [0.1, 0.15) is 65.9 Å². The third-order valence-electron chi connectivity index (χ3n) is 8.06. The number of likely N-dealkylation sites (tertiary alicyclic amines) is 2. The number of halogens is 3. The van der Waals surface area contributed by atoms with Crippen LogP contribution in [0.25, 0.3) is 0 Å². The smallest absolute Gasteiger partial charge is 0.451 e. The molecular weight excluding hydrogens is 607 g/mol. The minimum absolute atomic E-state index is 0.00249. The molecule has 3 atom stereocenters. The van der Waals surface area contributed by atoms with E-state index in [-0.39, 0.29) is 37.9 Å². The first kappa shape index (κ1) is 36.9. The Labute approximate surface area is 267 Å². The summed E-state index contributed by atoms with van der Waals surface area (Å²) in [5, 5.41) is 8.13. The van der Waals surface area contributed by atoms with Gasteiger partial charge in [-0.2, -0.15) is 13.2 Å². The number of carbonyl (C=O) groups excluding carboxylic acids is 5. The molecule has 1 aromatic carbocycles. The molecular formula is C32H46F3N5O6. The van der Waals surface area contributed by atoms with Crippen molar-refractivity contribution in [3.05, 3.63) is 35.9 Å². The van der Waals surface area contributed by atoms with Gasteiger partial charge >= 0.3 is 18.2 Å². The minimum atomic E-state index is -5.10. The number of piperidine rings is 1. The number of urea groups is 1. The maximum absolute atomic E-state index is 13.6. The van der Waals surface area contributed by atoms with Crippen molar-refractivity contribution in [1.82, 2.24) is 25.8 Å². The van der Waals surface area contributed by atoms with E-state index in [0.717, 1.165) is 0 Å². The van der Waals surface area contributed by atoms with Gasteiger partial charge in [-0.3, -0.25) is 29.4 Å². The van der Waals surface area contributed by atoms with Gasteiger partial charge in [0.25, 0.3) is 5.78 Å². The average Bonchev–Trinajstić information content (AvgIpc) is 3.46. The van der Waals surface area contributed by atoms with Crippen molar-refractivity contribution in [3.63, 3.8) is 0 Å². The monoisotopic (exact) mass is 653 g/mol. The SMILES string of the molecule is CC(C)[C@H](NC(=O)N1CCC(NCC(=O)OC(C)(C)C)CC1)C(=O)NC(=O)[C@@H]1CCCN1[C@@H](Cc1ccccc1)C(=O)C(F)(F)F. The fraction of sp³-hybridized carbons (Fsp3) is 0.656. The predicted octanol–water partition coefficient (Wildman–Crippen LogP) is 2.97. The summed E-state index contributed by atoms with van der Waals surface area (Å²) < 4.78 is 46.1. The molecule has 2 heterocycles. The van der Waals surface area contributed by atoms with E-state index in [2.05, 4.69) is 16.0 Å². The molecule has 4 amide bonds. The average molecular weight is 654 g/mol. The lowest BCUT2D eigenvalue weighted by molar-refractivity contribution is -0.177. The first-order chi connectivity index (χ1) is 21.5. The molecule has 2 fully saturated rings. The standard InChI is InChI=1S/C32H46F3N5O6/c1-20(2)26(37-30(45)39-16-13-22(14-17-39)36-19-25(41)46-31(3,4)5)29(44)38-28(43)23-12-9-15-40(23)24(27(42)32(33,34)35)18-21-10-7-6-8-11-21/h6-8,10-11,20,22-24,26,36H,9,12-19H2,1-5H3,(H,37,45)(H,38,43,44)/t23-,24-,26-/m0/s1. The molecule has 1 aromatic rings. The van der Waals surface area contributed by atoms with Crippen LogP contribution in [0.5, 0.6) is 0 Å². The summed E-state index contributed by atoms with van der Waals surface area (Å²) in [4.78, 5) is 66.9. The number of Topliss-reactive ketones (excluding diaryl/α,β-unsaturated/α-hetero) is 1. The second-order valence-electron chi connectivity index (χ2n) is 13.2. The van der Waals surface area contributed by atoms with Crippen LogP contribution in [-0.4, -0.2) is 102 Å². The summed E-state index contributed by atoms with van der Waals surface area (Å²) in [7, 11) is 0. The van der Waals surface area contributed by atoms with E-state index in [0.29, 0.717) is 37.9 Å². The number of hydrogen-bond donors (Lipinski definition) is 3. The molecule has 14 heteroatoms. The summed E-state index contributed by atoms with van der Waals surface area (Å²) in [5.41, 5.74) is -0.0741. The van der Waals surface area contributed by atoms with Crippen LogP contribution in [0.4, 0.5) is 18.0 Å². The maximum atomic E-state index is 13.6. The number of nitrogens with one attached hydrogen (secondary N) is 3. The quantitative estimate of drug-likeness (QED) is 0.310. The lowest BCUT2D eigenvalue weighted by Crippen LogP contribution is -2.59. The number of ether oxygens (including phenoxy) is 1. The Morgan fingerprint density at radius 3 is 2.15 bits per heavy atom. The summed E-state index contributed by atoms with van der Waals surface area (Å²) in [6.07, 6.45) is -3.65. The number of amides is 4. The zero-order valence-electron chi connectivity index (χ0n) is 27.1. The third kappa shape index (κ3) is 10.8.